The highest BCUT2D eigenvalue weighted by atomic mass is 15.3. The van der Waals surface area contributed by atoms with Crippen LogP contribution in [0.2, 0.25) is 0 Å². The Kier molecular flexibility index (Phi) is 4.15. The van der Waals surface area contributed by atoms with Gasteiger partial charge in [-0.2, -0.15) is 5.10 Å². The first-order chi connectivity index (χ1) is 8.68. The fourth-order valence-electron chi connectivity index (χ4n) is 2.02. The fraction of sp³-hybridized carbons (Fsp3) is 0.400. The predicted octanol–water partition coefficient (Wildman–Crippen LogP) is 2.60. The summed E-state index contributed by atoms with van der Waals surface area (Å²) in [7, 11) is 0. The van der Waals surface area contributed by atoms with Gasteiger partial charge in [0, 0.05) is 18.8 Å². The minimum Gasteiger partial charge on any atom is -0.311 e. The number of hydrogen-bond acceptors (Lipinski definition) is 2. The lowest BCUT2D eigenvalue weighted by Crippen LogP contribution is -2.20. The summed E-state index contributed by atoms with van der Waals surface area (Å²) in [6, 6.07) is 10.5. The molecule has 1 heterocycles. The third-order valence-electron chi connectivity index (χ3n) is 3.42. The van der Waals surface area contributed by atoms with Crippen LogP contribution in [0.3, 0.4) is 0 Å². The van der Waals surface area contributed by atoms with Crippen LogP contribution in [0.15, 0.2) is 30.3 Å². The molecule has 0 aliphatic rings. The number of aromatic nitrogens is 2. The van der Waals surface area contributed by atoms with Crippen LogP contribution < -0.4 is 5.32 Å². The van der Waals surface area contributed by atoms with E-state index in [1.807, 2.05) is 6.07 Å². The molecule has 2 rings (SSSR count). The first kappa shape index (κ1) is 12.8. The van der Waals surface area contributed by atoms with Gasteiger partial charge in [0.1, 0.15) is 0 Å². The maximum atomic E-state index is 4.53. The molecule has 0 amide bonds. The summed E-state index contributed by atoms with van der Waals surface area (Å²) in [6.07, 6.45) is 0. The largest absolute Gasteiger partial charge is 0.311 e. The van der Waals surface area contributed by atoms with Crippen molar-refractivity contribution >= 4 is 0 Å². The number of rotatable bonds is 5. The second-order valence-electron chi connectivity index (χ2n) is 4.68. The van der Waals surface area contributed by atoms with Crippen LogP contribution in [0.5, 0.6) is 0 Å². The fourth-order valence-corrected chi connectivity index (χ4v) is 2.02. The summed E-state index contributed by atoms with van der Waals surface area (Å²) in [4.78, 5) is 0. The van der Waals surface area contributed by atoms with Crippen LogP contribution >= 0.6 is 0 Å². The minimum atomic E-state index is 0.916. The van der Waals surface area contributed by atoms with E-state index in [1.54, 1.807) is 0 Å². The molecule has 96 valence electrons. The number of nitrogens with zero attached hydrogens (tertiary/aromatic N) is 2. The SMILES string of the molecule is Cc1nn(CCNCc2ccccc2)c(C)c1C. The Morgan fingerprint density at radius 1 is 1.11 bits per heavy atom. The molecule has 2 aromatic rings. The number of nitrogens with one attached hydrogen (secondary N) is 1. The molecule has 1 N–H and O–H groups in total. The molecule has 0 aliphatic heterocycles. The first-order valence-electron chi connectivity index (χ1n) is 6.43. The van der Waals surface area contributed by atoms with Gasteiger partial charge in [-0.1, -0.05) is 30.3 Å². The van der Waals surface area contributed by atoms with Crippen LogP contribution in [0.25, 0.3) is 0 Å². The third-order valence-corrected chi connectivity index (χ3v) is 3.42. The summed E-state index contributed by atoms with van der Waals surface area (Å²) in [5, 5.41) is 7.98. The summed E-state index contributed by atoms with van der Waals surface area (Å²) in [5.41, 5.74) is 5.03. The van der Waals surface area contributed by atoms with Crippen LogP contribution in [0.4, 0.5) is 0 Å². The Balaban J connectivity index is 1.80. The number of benzene rings is 1. The second-order valence-corrected chi connectivity index (χ2v) is 4.68. The molecule has 1 aromatic carbocycles. The molecule has 1 aromatic heterocycles. The average Bonchev–Trinajstić information content (AvgIpc) is 2.64. The lowest BCUT2D eigenvalue weighted by Gasteiger charge is -2.07. The normalized spacial score (nSPS) is 10.8. The Morgan fingerprint density at radius 3 is 2.44 bits per heavy atom. The topological polar surface area (TPSA) is 29.9 Å². The molecule has 0 saturated carbocycles. The smallest absolute Gasteiger partial charge is 0.0625 e. The summed E-state index contributed by atoms with van der Waals surface area (Å²) in [5.74, 6) is 0. The third kappa shape index (κ3) is 2.99. The van der Waals surface area contributed by atoms with Crippen LogP contribution in [-0.4, -0.2) is 16.3 Å². The molecule has 0 spiro atoms. The van der Waals surface area contributed by atoms with E-state index in [0.717, 1.165) is 25.3 Å². The lowest BCUT2D eigenvalue weighted by atomic mass is 10.2. The zero-order chi connectivity index (χ0) is 13.0. The van der Waals surface area contributed by atoms with Crippen LogP contribution in [0, 0.1) is 20.8 Å². The van der Waals surface area contributed by atoms with E-state index in [1.165, 1.54) is 16.8 Å². The van der Waals surface area contributed by atoms with Crippen molar-refractivity contribution in [3.8, 4) is 0 Å². The summed E-state index contributed by atoms with van der Waals surface area (Å²) >= 11 is 0. The Morgan fingerprint density at radius 2 is 1.83 bits per heavy atom. The van der Waals surface area contributed by atoms with Crippen molar-refractivity contribution in [1.82, 2.24) is 15.1 Å². The number of hydrogen-bond donors (Lipinski definition) is 1. The van der Waals surface area contributed by atoms with Gasteiger partial charge in [0.15, 0.2) is 0 Å². The minimum absolute atomic E-state index is 0.916. The quantitative estimate of drug-likeness (QED) is 0.818. The van der Waals surface area contributed by atoms with Gasteiger partial charge in [0.05, 0.1) is 12.2 Å². The van der Waals surface area contributed by atoms with E-state index < -0.39 is 0 Å². The molecular formula is C15H21N3. The molecule has 0 fully saturated rings. The average molecular weight is 243 g/mol. The van der Waals surface area contributed by atoms with Crippen molar-refractivity contribution < 1.29 is 0 Å². The van der Waals surface area contributed by atoms with Crippen molar-refractivity contribution in [3.05, 3.63) is 52.8 Å². The monoisotopic (exact) mass is 243 g/mol. The molecule has 3 heteroatoms. The van der Waals surface area contributed by atoms with Gasteiger partial charge in [-0.05, 0) is 31.9 Å². The second kappa shape index (κ2) is 5.83. The van der Waals surface area contributed by atoms with Crippen molar-refractivity contribution in [2.45, 2.75) is 33.9 Å². The standard InChI is InChI=1S/C15H21N3/c1-12-13(2)17-18(14(12)3)10-9-16-11-15-7-5-4-6-8-15/h4-8,16H,9-11H2,1-3H3. The molecule has 18 heavy (non-hydrogen) atoms. The summed E-state index contributed by atoms with van der Waals surface area (Å²) < 4.78 is 2.09. The highest BCUT2D eigenvalue weighted by Crippen LogP contribution is 2.10. The van der Waals surface area contributed by atoms with Gasteiger partial charge in [-0.15, -0.1) is 0 Å². The predicted molar refractivity (Wildman–Crippen MR) is 74.6 cm³/mol. The van der Waals surface area contributed by atoms with E-state index in [-0.39, 0.29) is 0 Å². The zero-order valence-electron chi connectivity index (χ0n) is 11.4. The van der Waals surface area contributed by atoms with E-state index in [0.29, 0.717) is 0 Å². The van der Waals surface area contributed by atoms with Gasteiger partial charge in [-0.25, -0.2) is 0 Å². The molecule has 0 bridgehead atoms. The van der Waals surface area contributed by atoms with Crippen molar-refractivity contribution in [1.29, 1.82) is 0 Å². The van der Waals surface area contributed by atoms with Gasteiger partial charge in [-0.3, -0.25) is 4.68 Å². The van der Waals surface area contributed by atoms with Crippen molar-refractivity contribution in [3.63, 3.8) is 0 Å². The molecule has 0 radical (unpaired) electrons. The Hall–Kier alpha value is -1.61. The summed E-state index contributed by atoms with van der Waals surface area (Å²) in [6.45, 7) is 9.11. The Bertz CT molecular complexity index is 500. The first-order valence-corrected chi connectivity index (χ1v) is 6.43. The van der Waals surface area contributed by atoms with Crippen molar-refractivity contribution in [2.75, 3.05) is 6.54 Å². The lowest BCUT2D eigenvalue weighted by molar-refractivity contribution is 0.542. The molecule has 0 unspecified atom stereocenters. The van der Waals surface area contributed by atoms with Gasteiger partial charge in [0.25, 0.3) is 0 Å². The molecular weight excluding hydrogens is 222 g/mol. The van der Waals surface area contributed by atoms with E-state index in [4.69, 9.17) is 0 Å². The van der Waals surface area contributed by atoms with E-state index >= 15 is 0 Å². The van der Waals surface area contributed by atoms with Crippen molar-refractivity contribution in [2.24, 2.45) is 0 Å². The van der Waals surface area contributed by atoms with Crippen LogP contribution in [-0.2, 0) is 13.1 Å². The van der Waals surface area contributed by atoms with Gasteiger partial charge >= 0.3 is 0 Å². The molecule has 0 saturated heterocycles. The van der Waals surface area contributed by atoms with Crippen LogP contribution in [0.1, 0.15) is 22.5 Å². The van der Waals surface area contributed by atoms with Gasteiger partial charge in [0.2, 0.25) is 0 Å². The van der Waals surface area contributed by atoms with Gasteiger partial charge < -0.3 is 5.32 Å². The highest BCUT2D eigenvalue weighted by molar-refractivity contribution is 5.22. The molecule has 0 aliphatic carbocycles. The Labute approximate surface area is 109 Å². The number of aryl methyl sites for hydroxylation is 1. The maximum absolute atomic E-state index is 4.53. The highest BCUT2D eigenvalue weighted by Gasteiger charge is 2.05. The zero-order valence-corrected chi connectivity index (χ0v) is 11.4. The van der Waals surface area contributed by atoms with E-state index in [9.17, 15) is 0 Å². The molecule has 0 atom stereocenters. The molecule has 3 nitrogen and oxygen atoms in total. The maximum Gasteiger partial charge on any atom is 0.0625 e. The van der Waals surface area contributed by atoms with E-state index in [2.05, 4.69) is 60.1 Å².